The van der Waals surface area contributed by atoms with E-state index < -0.39 is 0 Å². The maximum absolute atomic E-state index is 12.8. The van der Waals surface area contributed by atoms with E-state index in [0.717, 1.165) is 54.5 Å². The fraction of sp³-hybridized carbons (Fsp3) is 0.360. The van der Waals surface area contributed by atoms with Crippen LogP contribution in [-0.2, 0) is 11.3 Å². The molecule has 1 fully saturated rings. The number of hydrogen-bond acceptors (Lipinski definition) is 5. The van der Waals surface area contributed by atoms with Crippen LogP contribution in [0.3, 0.4) is 0 Å². The number of fused-ring (bicyclic) bond motifs is 1. The Balaban J connectivity index is 1.21. The van der Waals surface area contributed by atoms with E-state index in [1.54, 1.807) is 0 Å². The Morgan fingerprint density at radius 3 is 2.59 bits per heavy atom. The monoisotopic (exact) mass is 432 g/mol. The molecule has 1 saturated heterocycles. The minimum absolute atomic E-state index is 0.0162. The molecular formula is C25H28N4O3. The van der Waals surface area contributed by atoms with Crippen LogP contribution >= 0.6 is 0 Å². The van der Waals surface area contributed by atoms with E-state index in [1.165, 1.54) is 11.4 Å². The van der Waals surface area contributed by atoms with Gasteiger partial charge in [0.05, 0.1) is 5.69 Å². The van der Waals surface area contributed by atoms with Crippen LogP contribution in [0.2, 0.25) is 0 Å². The van der Waals surface area contributed by atoms with Crippen LogP contribution in [0.15, 0.2) is 48.7 Å². The van der Waals surface area contributed by atoms with Gasteiger partial charge < -0.3 is 24.3 Å². The van der Waals surface area contributed by atoms with E-state index in [-0.39, 0.29) is 18.6 Å². The Hall–Kier alpha value is -3.48. The van der Waals surface area contributed by atoms with Crippen LogP contribution < -0.4 is 19.7 Å². The summed E-state index contributed by atoms with van der Waals surface area (Å²) >= 11 is 0. The van der Waals surface area contributed by atoms with Gasteiger partial charge in [0.1, 0.15) is 0 Å². The van der Waals surface area contributed by atoms with Crippen molar-refractivity contribution in [2.24, 2.45) is 5.92 Å². The van der Waals surface area contributed by atoms with Gasteiger partial charge in [0.15, 0.2) is 17.3 Å². The SMILES string of the molecule is Cc1ccc(C)n1-c1cccnc1N1CCC(C(=O)NCc2ccc3c(c2)OCO3)CC1. The number of nitrogens with one attached hydrogen (secondary N) is 1. The zero-order chi connectivity index (χ0) is 22.1. The predicted molar refractivity (Wildman–Crippen MR) is 122 cm³/mol. The third-order valence-corrected chi connectivity index (χ3v) is 6.35. The number of pyridine rings is 1. The highest BCUT2D eigenvalue weighted by Gasteiger charge is 2.27. The number of amides is 1. The first kappa shape index (κ1) is 20.4. The first-order valence-corrected chi connectivity index (χ1v) is 11.1. The molecule has 7 heteroatoms. The molecule has 1 N–H and O–H groups in total. The van der Waals surface area contributed by atoms with E-state index in [0.29, 0.717) is 6.54 Å². The summed E-state index contributed by atoms with van der Waals surface area (Å²) in [4.78, 5) is 19.8. The second kappa shape index (κ2) is 8.57. The molecule has 1 amide bonds. The second-order valence-electron chi connectivity index (χ2n) is 8.46. The van der Waals surface area contributed by atoms with Crippen LogP contribution in [0.5, 0.6) is 11.5 Å². The minimum Gasteiger partial charge on any atom is -0.454 e. The third kappa shape index (κ3) is 3.90. The molecule has 0 radical (unpaired) electrons. The molecule has 0 bridgehead atoms. The summed E-state index contributed by atoms with van der Waals surface area (Å²) in [5.74, 6) is 2.60. The summed E-state index contributed by atoms with van der Waals surface area (Å²) < 4.78 is 13.0. The van der Waals surface area contributed by atoms with Crippen molar-refractivity contribution in [1.29, 1.82) is 0 Å². The molecule has 2 aliphatic heterocycles. The van der Waals surface area contributed by atoms with Crippen molar-refractivity contribution >= 4 is 11.7 Å². The zero-order valence-corrected chi connectivity index (χ0v) is 18.5. The number of aryl methyl sites for hydroxylation is 2. The molecule has 0 atom stereocenters. The quantitative estimate of drug-likeness (QED) is 0.665. The zero-order valence-electron chi connectivity index (χ0n) is 18.5. The van der Waals surface area contributed by atoms with Crippen molar-refractivity contribution in [1.82, 2.24) is 14.9 Å². The van der Waals surface area contributed by atoms with Crippen molar-refractivity contribution in [3.8, 4) is 17.2 Å². The summed E-state index contributed by atoms with van der Waals surface area (Å²) in [5, 5.41) is 3.09. The first-order chi connectivity index (χ1) is 15.6. The summed E-state index contributed by atoms with van der Waals surface area (Å²) in [6.07, 6.45) is 3.47. The summed E-state index contributed by atoms with van der Waals surface area (Å²) in [6, 6.07) is 14.1. The van der Waals surface area contributed by atoms with Gasteiger partial charge >= 0.3 is 0 Å². The van der Waals surface area contributed by atoms with Gasteiger partial charge in [-0.25, -0.2) is 4.98 Å². The van der Waals surface area contributed by atoms with Gasteiger partial charge in [-0.2, -0.15) is 0 Å². The van der Waals surface area contributed by atoms with Crippen molar-refractivity contribution in [2.45, 2.75) is 33.2 Å². The van der Waals surface area contributed by atoms with Gasteiger partial charge in [0.25, 0.3) is 0 Å². The Kier molecular flexibility index (Phi) is 5.47. The lowest BCUT2D eigenvalue weighted by molar-refractivity contribution is -0.125. The molecule has 5 rings (SSSR count). The topological polar surface area (TPSA) is 68.6 Å². The number of ether oxygens (including phenoxy) is 2. The van der Waals surface area contributed by atoms with Crippen molar-refractivity contribution in [3.05, 3.63) is 65.6 Å². The van der Waals surface area contributed by atoms with Crippen LogP contribution in [0.1, 0.15) is 29.8 Å². The standard InChI is InChI=1S/C25H28N4O3/c1-17-5-6-18(2)29(17)21-4-3-11-26-24(21)28-12-9-20(10-13-28)25(30)27-15-19-7-8-22-23(14-19)32-16-31-22/h3-8,11,14,20H,9-10,12-13,15-16H2,1-2H3,(H,27,30). The molecule has 2 aliphatic rings. The lowest BCUT2D eigenvalue weighted by Gasteiger charge is -2.33. The molecule has 32 heavy (non-hydrogen) atoms. The van der Waals surface area contributed by atoms with Gasteiger partial charge in [-0.3, -0.25) is 4.79 Å². The molecule has 0 unspecified atom stereocenters. The molecular weight excluding hydrogens is 404 g/mol. The van der Waals surface area contributed by atoms with Crippen LogP contribution in [0, 0.1) is 19.8 Å². The number of carbonyl (C=O) groups is 1. The molecule has 7 nitrogen and oxygen atoms in total. The Morgan fingerprint density at radius 1 is 1.06 bits per heavy atom. The highest BCUT2D eigenvalue weighted by molar-refractivity contribution is 5.79. The largest absolute Gasteiger partial charge is 0.454 e. The summed E-state index contributed by atoms with van der Waals surface area (Å²) in [7, 11) is 0. The van der Waals surface area contributed by atoms with E-state index in [2.05, 4.69) is 46.8 Å². The van der Waals surface area contributed by atoms with E-state index in [9.17, 15) is 4.79 Å². The molecule has 4 heterocycles. The van der Waals surface area contributed by atoms with Crippen LogP contribution in [0.25, 0.3) is 5.69 Å². The van der Waals surface area contributed by atoms with E-state index in [4.69, 9.17) is 14.5 Å². The van der Waals surface area contributed by atoms with E-state index >= 15 is 0 Å². The molecule has 0 aliphatic carbocycles. The molecule has 166 valence electrons. The summed E-state index contributed by atoms with van der Waals surface area (Å²) in [6.45, 7) is 6.59. The Bertz CT molecular complexity index is 1110. The molecule has 0 saturated carbocycles. The molecule has 2 aromatic heterocycles. The van der Waals surface area contributed by atoms with Gasteiger partial charge in [0.2, 0.25) is 12.7 Å². The fourth-order valence-electron chi connectivity index (χ4n) is 4.59. The maximum atomic E-state index is 12.8. The molecule has 0 spiro atoms. The predicted octanol–water partition coefficient (Wildman–Crippen LogP) is 3.75. The minimum atomic E-state index is 0.0162. The number of anilines is 1. The van der Waals surface area contributed by atoms with Crippen molar-refractivity contribution in [3.63, 3.8) is 0 Å². The highest BCUT2D eigenvalue weighted by atomic mass is 16.7. The van der Waals surface area contributed by atoms with Gasteiger partial charge in [0, 0.05) is 43.1 Å². The normalized spacial score (nSPS) is 15.8. The Morgan fingerprint density at radius 2 is 1.81 bits per heavy atom. The lowest BCUT2D eigenvalue weighted by atomic mass is 9.95. The number of carbonyl (C=O) groups excluding carboxylic acids is 1. The number of aromatic nitrogens is 2. The van der Waals surface area contributed by atoms with Gasteiger partial charge in [-0.1, -0.05) is 6.07 Å². The molecule has 1 aromatic carbocycles. The molecule has 3 aromatic rings. The number of hydrogen-bond donors (Lipinski definition) is 1. The highest BCUT2D eigenvalue weighted by Crippen LogP contribution is 2.33. The van der Waals surface area contributed by atoms with Crippen molar-refractivity contribution in [2.75, 3.05) is 24.8 Å². The van der Waals surface area contributed by atoms with Crippen LogP contribution in [0.4, 0.5) is 5.82 Å². The third-order valence-electron chi connectivity index (χ3n) is 6.35. The second-order valence-corrected chi connectivity index (χ2v) is 8.46. The number of piperidine rings is 1. The number of nitrogens with zero attached hydrogens (tertiary/aromatic N) is 3. The van der Waals surface area contributed by atoms with Gasteiger partial charge in [-0.05, 0) is 68.7 Å². The smallest absolute Gasteiger partial charge is 0.231 e. The van der Waals surface area contributed by atoms with Crippen LogP contribution in [-0.4, -0.2) is 35.3 Å². The fourth-order valence-corrected chi connectivity index (χ4v) is 4.59. The van der Waals surface area contributed by atoms with Crippen molar-refractivity contribution < 1.29 is 14.3 Å². The average Bonchev–Trinajstić information content (AvgIpc) is 3.43. The maximum Gasteiger partial charge on any atom is 0.231 e. The average molecular weight is 433 g/mol. The van der Waals surface area contributed by atoms with Gasteiger partial charge in [-0.15, -0.1) is 0 Å². The Labute approximate surface area is 188 Å². The number of benzene rings is 1. The number of rotatable bonds is 5. The van der Waals surface area contributed by atoms with E-state index in [1.807, 2.05) is 30.5 Å². The summed E-state index contributed by atoms with van der Waals surface area (Å²) in [5.41, 5.74) is 4.48. The first-order valence-electron chi connectivity index (χ1n) is 11.1. The lowest BCUT2D eigenvalue weighted by Crippen LogP contribution is -2.41.